The van der Waals surface area contributed by atoms with Gasteiger partial charge in [-0.3, -0.25) is 0 Å². The van der Waals surface area contributed by atoms with Gasteiger partial charge in [-0.05, 0) is 45.2 Å². The lowest BCUT2D eigenvalue weighted by Crippen LogP contribution is -2.35. The molecular weight excluding hydrogens is 208 g/mol. The molecule has 0 spiro atoms. The van der Waals surface area contributed by atoms with Crippen molar-refractivity contribution in [3.63, 3.8) is 0 Å². The molecule has 0 saturated heterocycles. The molecule has 100 valence electrons. The summed E-state index contributed by atoms with van der Waals surface area (Å²) in [7, 11) is 0. The topological polar surface area (TPSA) is 24.1 Å². The third kappa shape index (κ3) is 5.39. The molecule has 2 rings (SSSR count). The van der Waals surface area contributed by atoms with E-state index in [-0.39, 0.29) is 0 Å². The van der Waals surface area contributed by atoms with Crippen LogP contribution < -0.4 is 10.6 Å². The standard InChI is InChI=1S/C15H30N2/c1-3-8-14(9-4-1)16-12-7-13-17-15-10-5-2-6-11-15/h14-17H,1-13H2. The fourth-order valence-corrected chi connectivity index (χ4v) is 3.31. The van der Waals surface area contributed by atoms with Gasteiger partial charge in [0.1, 0.15) is 0 Å². The smallest absolute Gasteiger partial charge is 0.00670 e. The quantitative estimate of drug-likeness (QED) is 0.694. The summed E-state index contributed by atoms with van der Waals surface area (Å²) >= 11 is 0. The Morgan fingerprint density at radius 1 is 0.588 bits per heavy atom. The zero-order valence-electron chi connectivity index (χ0n) is 11.3. The Morgan fingerprint density at radius 2 is 1.00 bits per heavy atom. The summed E-state index contributed by atoms with van der Waals surface area (Å²) in [5.41, 5.74) is 0. The number of nitrogens with one attached hydrogen (secondary N) is 2. The maximum absolute atomic E-state index is 3.72. The Kier molecular flexibility index (Phi) is 6.36. The van der Waals surface area contributed by atoms with Crippen molar-refractivity contribution < 1.29 is 0 Å². The van der Waals surface area contributed by atoms with Crippen LogP contribution in [0.4, 0.5) is 0 Å². The Labute approximate surface area is 107 Å². The van der Waals surface area contributed by atoms with Gasteiger partial charge >= 0.3 is 0 Å². The first-order valence-electron chi connectivity index (χ1n) is 7.92. The fraction of sp³-hybridized carbons (Fsp3) is 1.00. The third-order valence-electron chi connectivity index (χ3n) is 4.43. The second kappa shape index (κ2) is 8.10. The van der Waals surface area contributed by atoms with E-state index in [9.17, 15) is 0 Å². The van der Waals surface area contributed by atoms with E-state index in [1.54, 1.807) is 0 Å². The molecule has 2 nitrogen and oxygen atoms in total. The van der Waals surface area contributed by atoms with Crippen molar-refractivity contribution in [3.05, 3.63) is 0 Å². The molecule has 2 fully saturated rings. The summed E-state index contributed by atoms with van der Waals surface area (Å²) in [5.74, 6) is 0. The highest BCUT2D eigenvalue weighted by Crippen LogP contribution is 2.18. The molecule has 2 saturated carbocycles. The van der Waals surface area contributed by atoms with Crippen molar-refractivity contribution in [2.45, 2.75) is 82.7 Å². The van der Waals surface area contributed by atoms with Crippen molar-refractivity contribution in [2.75, 3.05) is 13.1 Å². The molecule has 0 radical (unpaired) electrons. The van der Waals surface area contributed by atoms with E-state index in [1.165, 1.54) is 83.7 Å². The maximum Gasteiger partial charge on any atom is 0.00670 e. The van der Waals surface area contributed by atoms with Crippen molar-refractivity contribution in [2.24, 2.45) is 0 Å². The van der Waals surface area contributed by atoms with Crippen LogP contribution in [0.1, 0.15) is 70.6 Å². The summed E-state index contributed by atoms with van der Waals surface area (Å²) in [6.07, 6.45) is 15.6. The average molecular weight is 238 g/mol. The van der Waals surface area contributed by atoms with E-state index in [1.807, 2.05) is 0 Å². The Bertz CT molecular complexity index is 161. The van der Waals surface area contributed by atoms with Gasteiger partial charge in [0.25, 0.3) is 0 Å². The Balaban J connectivity index is 1.42. The molecule has 2 aliphatic carbocycles. The van der Waals surface area contributed by atoms with Crippen molar-refractivity contribution in [3.8, 4) is 0 Å². The van der Waals surface area contributed by atoms with E-state index >= 15 is 0 Å². The van der Waals surface area contributed by atoms with Gasteiger partial charge in [-0.1, -0.05) is 38.5 Å². The van der Waals surface area contributed by atoms with Crippen LogP contribution in [0.3, 0.4) is 0 Å². The van der Waals surface area contributed by atoms with Crippen LogP contribution in [0, 0.1) is 0 Å². The van der Waals surface area contributed by atoms with Crippen molar-refractivity contribution >= 4 is 0 Å². The predicted octanol–water partition coefficient (Wildman–Crippen LogP) is 3.22. The molecule has 0 aromatic carbocycles. The van der Waals surface area contributed by atoms with Gasteiger partial charge in [0, 0.05) is 12.1 Å². The highest BCUT2D eigenvalue weighted by Gasteiger charge is 2.13. The SMILES string of the molecule is C1CCC(NCCCNC2CCCCC2)CC1. The molecular formula is C15H30N2. The molecule has 17 heavy (non-hydrogen) atoms. The molecule has 2 N–H and O–H groups in total. The molecule has 0 unspecified atom stereocenters. The zero-order valence-corrected chi connectivity index (χ0v) is 11.3. The molecule has 2 aliphatic rings. The summed E-state index contributed by atoms with van der Waals surface area (Å²) in [4.78, 5) is 0. The van der Waals surface area contributed by atoms with Gasteiger partial charge < -0.3 is 10.6 Å². The molecule has 2 heteroatoms. The summed E-state index contributed by atoms with van der Waals surface area (Å²) < 4.78 is 0. The summed E-state index contributed by atoms with van der Waals surface area (Å²) in [6, 6.07) is 1.66. The second-order valence-electron chi connectivity index (χ2n) is 5.93. The number of hydrogen-bond acceptors (Lipinski definition) is 2. The highest BCUT2D eigenvalue weighted by molar-refractivity contribution is 4.73. The molecule has 0 aliphatic heterocycles. The van der Waals surface area contributed by atoms with Crippen LogP contribution in [0.5, 0.6) is 0 Å². The predicted molar refractivity (Wildman–Crippen MR) is 74.4 cm³/mol. The fourth-order valence-electron chi connectivity index (χ4n) is 3.31. The third-order valence-corrected chi connectivity index (χ3v) is 4.43. The highest BCUT2D eigenvalue weighted by atomic mass is 14.9. The average Bonchev–Trinajstić information content (AvgIpc) is 2.41. The van der Waals surface area contributed by atoms with Crippen molar-refractivity contribution in [1.82, 2.24) is 10.6 Å². The Hall–Kier alpha value is -0.0800. The second-order valence-corrected chi connectivity index (χ2v) is 5.93. The summed E-state index contributed by atoms with van der Waals surface area (Å²) in [5, 5.41) is 7.44. The normalized spacial score (nSPS) is 24.0. The number of rotatable bonds is 6. The van der Waals surface area contributed by atoms with E-state index < -0.39 is 0 Å². The van der Waals surface area contributed by atoms with E-state index in [0.29, 0.717) is 0 Å². The van der Waals surface area contributed by atoms with Crippen LogP contribution >= 0.6 is 0 Å². The van der Waals surface area contributed by atoms with Gasteiger partial charge in [-0.2, -0.15) is 0 Å². The zero-order chi connectivity index (χ0) is 11.8. The lowest BCUT2D eigenvalue weighted by atomic mass is 9.95. The van der Waals surface area contributed by atoms with Gasteiger partial charge in [-0.15, -0.1) is 0 Å². The molecule has 0 bridgehead atoms. The lowest BCUT2D eigenvalue weighted by Gasteiger charge is -2.24. The van der Waals surface area contributed by atoms with E-state index in [4.69, 9.17) is 0 Å². The first-order valence-corrected chi connectivity index (χ1v) is 7.92. The van der Waals surface area contributed by atoms with Crippen LogP contribution in [0.15, 0.2) is 0 Å². The van der Waals surface area contributed by atoms with Crippen LogP contribution in [-0.2, 0) is 0 Å². The first-order chi connectivity index (χ1) is 8.45. The van der Waals surface area contributed by atoms with Gasteiger partial charge in [0.2, 0.25) is 0 Å². The monoisotopic (exact) mass is 238 g/mol. The molecule has 0 aromatic heterocycles. The molecule has 0 heterocycles. The first kappa shape index (κ1) is 13.4. The van der Waals surface area contributed by atoms with E-state index in [2.05, 4.69) is 10.6 Å². The molecule has 0 aromatic rings. The largest absolute Gasteiger partial charge is 0.314 e. The number of hydrogen-bond donors (Lipinski definition) is 2. The van der Waals surface area contributed by atoms with Crippen molar-refractivity contribution in [1.29, 1.82) is 0 Å². The molecule has 0 atom stereocenters. The molecule has 0 amide bonds. The van der Waals surface area contributed by atoms with Gasteiger partial charge in [0.05, 0.1) is 0 Å². The minimum Gasteiger partial charge on any atom is -0.314 e. The Morgan fingerprint density at radius 3 is 1.41 bits per heavy atom. The van der Waals surface area contributed by atoms with Crippen LogP contribution in [-0.4, -0.2) is 25.2 Å². The summed E-state index contributed by atoms with van der Waals surface area (Å²) in [6.45, 7) is 2.43. The van der Waals surface area contributed by atoms with Gasteiger partial charge in [-0.25, -0.2) is 0 Å². The van der Waals surface area contributed by atoms with Crippen LogP contribution in [0.25, 0.3) is 0 Å². The minimum absolute atomic E-state index is 0.832. The van der Waals surface area contributed by atoms with Crippen LogP contribution in [0.2, 0.25) is 0 Å². The lowest BCUT2D eigenvalue weighted by molar-refractivity contribution is 0.354. The minimum atomic E-state index is 0.832. The van der Waals surface area contributed by atoms with Gasteiger partial charge in [0.15, 0.2) is 0 Å². The maximum atomic E-state index is 3.72. The van der Waals surface area contributed by atoms with E-state index in [0.717, 1.165) is 12.1 Å².